The van der Waals surface area contributed by atoms with Crippen LogP contribution in [-0.2, 0) is 4.79 Å². The summed E-state index contributed by atoms with van der Waals surface area (Å²) in [6, 6.07) is 5.43. The molecule has 0 spiro atoms. The zero-order valence-corrected chi connectivity index (χ0v) is 21.3. The average molecular weight is 524 g/mol. The Morgan fingerprint density at radius 2 is 1.94 bits per heavy atom. The summed E-state index contributed by atoms with van der Waals surface area (Å²) in [5.41, 5.74) is 0.403. The van der Waals surface area contributed by atoms with E-state index in [0.717, 1.165) is 25.7 Å². The van der Waals surface area contributed by atoms with Crippen molar-refractivity contribution in [2.45, 2.75) is 55.0 Å². The van der Waals surface area contributed by atoms with Crippen LogP contribution in [0.4, 0.5) is 19.0 Å². The molecular formula is C24H32F3N7OS. The molecule has 4 rings (SSSR count). The minimum absolute atomic E-state index is 0.00403. The van der Waals surface area contributed by atoms with Crippen LogP contribution in [0.1, 0.15) is 44.2 Å². The number of nitrogens with two attached hydrogens (primary N) is 1. The molecule has 2 aliphatic rings. The molecule has 12 heteroatoms. The number of pyridine rings is 1. The molecule has 0 saturated heterocycles. The van der Waals surface area contributed by atoms with Gasteiger partial charge in [0, 0.05) is 19.3 Å². The Labute approximate surface area is 213 Å². The van der Waals surface area contributed by atoms with Crippen molar-refractivity contribution in [2.75, 3.05) is 32.5 Å². The number of anilines is 1. The third-order valence-corrected chi connectivity index (χ3v) is 6.67. The molecule has 0 radical (unpaired) electrons. The van der Waals surface area contributed by atoms with E-state index in [1.807, 2.05) is 6.07 Å². The smallest absolute Gasteiger partial charge is 0.367 e. The number of halogens is 3. The SMILES string of the molecule is CN.CN1CC(C(=O)NCC#Cc2nn3c(NC4CCCCCC4)cccc3c2SC(F)(F)F)C=N1. The Bertz CT molecular complexity index is 1110. The summed E-state index contributed by atoms with van der Waals surface area (Å²) >= 11 is -0.217. The van der Waals surface area contributed by atoms with E-state index in [4.69, 9.17) is 0 Å². The van der Waals surface area contributed by atoms with Gasteiger partial charge in [-0.2, -0.15) is 23.4 Å². The van der Waals surface area contributed by atoms with E-state index in [1.54, 1.807) is 30.4 Å². The fourth-order valence-electron chi connectivity index (χ4n) is 4.20. The van der Waals surface area contributed by atoms with Crippen LogP contribution in [0.5, 0.6) is 0 Å². The van der Waals surface area contributed by atoms with Crippen LogP contribution in [0.25, 0.3) is 5.52 Å². The van der Waals surface area contributed by atoms with Crippen molar-refractivity contribution in [1.82, 2.24) is 19.9 Å². The molecule has 8 nitrogen and oxygen atoms in total. The van der Waals surface area contributed by atoms with Crippen molar-refractivity contribution in [3.63, 3.8) is 0 Å². The van der Waals surface area contributed by atoms with E-state index in [0.29, 0.717) is 17.9 Å². The zero-order valence-electron chi connectivity index (χ0n) is 20.4. The van der Waals surface area contributed by atoms with Crippen molar-refractivity contribution in [3.05, 3.63) is 23.9 Å². The maximum Gasteiger partial charge on any atom is 0.446 e. The van der Waals surface area contributed by atoms with Gasteiger partial charge in [0.1, 0.15) is 11.5 Å². The first-order valence-electron chi connectivity index (χ1n) is 11.9. The van der Waals surface area contributed by atoms with Gasteiger partial charge < -0.3 is 16.4 Å². The van der Waals surface area contributed by atoms with Crippen molar-refractivity contribution in [3.8, 4) is 11.8 Å². The van der Waals surface area contributed by atoms with Gasteiger partial charge in [-0.15, -0.1) is 0 Å². The highest BCUT2D eigenvalue weighted by Crippen LogP contribution is 2.41. The van der Waals surface area contributed by atoms with Gasteiger partial charge in [-0.1, -0.05) is 37.7 Å². The summed E-state index contributed by atoms with van der Waals surface area (Å²) in [5.74, 6) is 5.54. The number of nitrogens with one attached hydrogen (secondary N) is 2. The number of nitrogens with zero attached hydrogens (tertiary/aromatic N) is 4. The first-order chi connectivity index (χ1) is 17.3. The Balaban J connectivity index is 0.00000176. The predicted molar refractivity (Wildman–Crippen MR) is 137 cm³/mol. The third-order valence-electron chi connectivity index (χ3n) is 5.84. The number of aromatic nitrogens is 2. The number of carbonyl (C=O) groups is 1. The first kappa shape index (κ1) is 27.7. The number of hydrazone groups is 1. The maximum absolute atomic E-state index is 13.3. The molecular weight excluding hydrogens is 491 g/mol. The zero-order chi connectivity index (χ0) is 26.1. The number of rotatable bonds is 5. The minimum atomic E-state index is -4.48. The third kappa shape index (κ3) is 7.54. The van der Waals surface area contributed by atoms with E-state index in [9.17, 15) is 18.0 Å². The highest BCUT2D eigenvalue weighted by molar-refractivity contribution is 8.00. The Morgan fingerprint density at radius 1 is 1.22 bits per heavy atom. The molecule has 2 aromatic rings. The van der Waals surface area contributed by atoms with Crippen LogP contribution in [0.15, 0.2) is 28.2 Å². The standard InChI is InChI=1S/C23H27F3N6OS.CH5N/c1-31-15-16(14-28-31)22(33)27-13-7-10-18-21(34-23(24,25)26)19-11-6-12-20(32(19)30-18)29-17-8-4-2-3-5-9-17;1-2/h6,11-12,14,16-17,29H,2-5,8-9,13,15H2,1H3,(H,27,33);2H2,1H3. The lowest BCUT2D eigenvalue weighted by Gasteiger charge is -2.18. The minimum Gasteiger partial charge on any atom is -0.367 e. The second-order valence-corrected chi connectivity index (χ2v) is 9.57. The van der Waals surface area contributed by atoms with E-state index >= 15 is 0 Å². The number of amides is 1. The highest BCUT2D eigenvalue weighted by atomic mass is 32.2. The van der Waals surface area contributed by atoms with Crippen LogP contribution in [-0.4, -0.2) is 65.5 Å². The summed E-state index contributed by atoms with van der Waals surface area (Å²) in [5, 5.41) is 16.2. The molecule has 1 aliphatic carbocycles. The summed E-state index contributed by atoms with van der Waals surface area (Å²) in [6.07, 6.45) is 8.28. The molecule has 0 bridgehead atoms. The molecule has 2 aromatic heterocycles. The van der Waals surface area contributed by atoms with Crippen LogP contribution < -0.4 is 16.4 Å². The molecule has 1 amide bonds. The lowest BCUT2D eigenvalue weighted by atomic mass is 10.1. The van der Waals surface area contributed by atoms with Gasteiger partial charge in [-0.3, -0.25) is 9.80 Å². The fraction of sp³-hybridized carbons (Fsp3) is 0.542. The van der Waals surface area contributed by atoms with Crippen LogP contribution in [0.3, 0.4) is 0 Å². The number of carbonyl (C=O) groups excluding carboxylic acids is 1. The van der Waals surface area contributed by atoms with Crippen LogP contribution >= 0.6 is 11.8 Å². The molecule has 1 unspecified atom stereocenters. The van der Waals surface area contributed by atoms with Gasteiger partial charge in [0.05, 0.1) is 29.4 Å². The van der Waals surface area contributed by atoms with Crippen molar-refractivity contribution >= 4 is 35.2 Å². The van der Waals surface area contributed by atoms with Gasteiger partial charge in [0.2, 0.25) is 5.91 Å². The lowest BCUT2D eigenvalue weighted by molar-refractivity contribution is -0.122. The topological polar surface area (TPSA) is 100 Å². The Hall–Kier alpha value is -2.91. The summed E-state index contributed by atoms with van der Waals surface area (Å²) in [4.78, 5) is 12.1. The molecule has 1 saturated carbocycles. The first-order valence-corrected chi connectivity index (χ1v) is 12.8. The quantitative estimate of drug-likeness (QED) is 0.314. The molecule has 36 heavy (non-hydrogen) atoms. The second kappa shape index (κ2) is 12.9. The Kier molecular flexibility index (Phi) is 9.89. The van der Waals surface area contributed by atoms with Crippen molar-refractivity contribution in [1.29, 1.82) is 0 Å². The van der Waals surface area contributed by atoms with Gasteiger partial charge in [0.15, 0.2) is 0 Å². The average Bonchev–Trinajstić information content (AvgIpc) is 3.32. The van der Waals surface area contributed by atoms with E-state index in [1.165, 1.54) is 24.4 Å². The van der Waals surface area contributed by atoms with E-state index < -0.39 is 5.51 Å². The highest BCUT2D eigenvalue weighted by Gasteiger charge is 2.33. The van der Waals surface area contributed by atoms with Gasteiger partial charge in [0.25, 0.3) is 0 Å². The van der Waals surface area contributed by atoms with Gasteiger partial charge >= 0.3 is 5.51 Å². The molecule has 1 aliphatic heterocycles. The molecule has 196 valence electrons. The summed E-state index contributed by atoms with van der Waals surface area (Å²) in [6.45, 7) is 0.485. The van der Waals surface area contributed by atoms with Crippen molar-refractivity contribution in [2.24, 2.45) is 16.8 Å². The molecule has 3 heterocycles. The second-order valence-electron chi connectivity index (χ2n) is 8.50. The Morgan fingerprint density at radius 3 is 2.58 bits per heavy atom. The van der Waals surface area contributed by atoms with E-state index in [-0.39, 0.29) is 46.8 Å². The van der Waals surface area contributed by atoms with Crippen LogP contribution in [0, 0.1) is 17.8 Å². The van der Waals surface area contributed by atoms with Crippen LogP contribution in [0.2, 0.25) is 0 Å². The largest absolute Gasteiger partial charge is 0.446 e. The number of hydrogen-bond donors (Lipinski definition) is 3. The number of thioether (sulfide) groups is 1. The number of fused-ring (bicyclic) bond motifs is 1. The monoisotopic (exact) mass is 523 g/mol. The molecule has 4 N–H and O–H groups in total. The van der Waals surface area contributed by atoms with Crippen molar-refractivity contribution < 1.29 is 18.0 Å². The van der Waals surface area contributed by atoms with Gasteiger partial charge in [-0.05, 0) is 49.7 Å². The normalized spacial score (nSPS) is 18.2. The molecule has 0 aromatic carbocycles. The number of hydrogen-bond acceptors (Lipinski definition) is 7. The van der Waals surface area contributed by atoms with Gasteiger partial charge in [-0.25, -0.2) is 4.52 Å². The predicted octanol–water partition coefficient (Wildman–Crippen LogP) is 3.67. The molecule has 1 atom stereocenters. The number of alkyl halides is 3. The fourth-order valence-corrected chi connectivity index (χ4v) is 4.88. The van der Waals surface area contributed by atoms with E-state index in [2.05, 4.69) is 38.4 Å². The summed E-state index contributed by atoms with van der Waals surface area (Å²) < 4.78 is 41.5. The summed E-state index contributed by atoms with van der Waals surface area (Å²) in [7, 11) is 3.27. The molecule has 1 fully saturated rings. The maximum atomic E-state index is 13.3. The lowest BCUT2D eigenvalue weighted by Crippen LogP contribution is -2.33.